The van der Waals surface area contributed by atoms with Crippen LogP contribution in [0.15, 0.2) is 18.2 Å². The van der Waals surface area contributed by atoms with E-state index in [0.29, 0.717) is 23.6 Å². The summed E-state index contributed by atoms with van der Waals surface area (Å²) in [7, 11) is 2.99. The molecule has 7 nitrogen and oxygen atoms in total. The number of ether oxygens (including phenoxy) is 2. The van der Waals surface area contributed by atoms with Crippen LogP contribution in [0.25, 0.3) is 0 Å². The fraction of sp³-hybridized carbons (Fsp3) is 0.400. The number of likely N-dealkylation sites (N-methyl/N-ethyl adjacent to an activating group) is 1. The Morgan fingerprint density at radius 3 is 2.45 bits per heavy atom. The van der Waals surface area contributed by atoms with Gasteiger partial charge in [0.15, 0.2) is 11.5 Å². The molecule has 7 heteroatoms. The molecule has 1 heterocycles. The number of carbonyl (C=O) groups excluding carboxylic acids is 3. The smallest absolute Gasteiger partial charge is 0.254 e. The zero-order valence-corrected chi connectivity index (χ0v) is 12.7. The number of carbonyl (C=O) groups is 3. The molecule has 1 unspecified atom stereocenters. The summed E-state index contributed by atoms with van der Waals surface area (Å²) in [6.45, 7) is 2.08. The zero-order chi connectivity index (χ0) is 16.3. The molecule has 0 bridgehead atoms. The molecule has 2 rings (SSSR count). The first-order chi connectivity index (χ1) is 10.5. The molecule has 3 amide bonds. The molecule has 22 heavy (non-hydrogen) atoms. The summed E-state index contributed by atoms with van der Waals surface area (Å²) in [4.78, 5) is 37.1. The van der Waals surface area contributed by atoms with Crippen molar-refractivity contribution in [1.82, 2.24) is 10.2 Å². The second-order valence-corrected chi connectivity index (χ2v) is 4.79. The quantitative estimate of drug-likeness (QED) is 0.804. The van der Waals surface area contributed by atoms with E-state index in [9.17, 15) is 14.4 Å². The molecule has 1 aliphatic rings. The third kappa shape index (κ3) is 2.88. The Labute approximate surface area is 128 Å². The van der Waals surface area contributed by atoms with E-state index in [4.69, 9.17) is 9.47 Å². The highest BCUT2D eigenvalue weighted by molar-refractivity contribution is 6.08. The van der Waals surface area contributed by atoms with E-state index < -0.39 is 11.9 Å². The van der Waals surface area contributed by atoms with E-state index >= 15 is 0 Å². The Hall–Kier alpha value is -2.57. The molecule has 1 aromatic rings. The highest BCUT2D eigenvalue weighted by Gasteiger charge is 2.37. The van der Waals surface area contributed by atoms with Crippen molar-refractivity contribution >= 4 is 17.7 Å². The maximum atomic E-state index is 12.6. The van der Waals surface area contributed by atoms with Crippen molar-refractivity contribution < 1.29 is 23.9 Å². The third-order valence-corrected chi connectivity index (χ3v) is 3.55. The highest BCUT2D eigenvalue weighted by Crippen LogP contribution is 2.28. The summed E-state index contributed by atoms with van der Waals surface area (Å²) in [6.07, 6.45) is -0.00823. The summed E-state index contributed by atoms with van der Waals surface area (Å²) in [5.41, 5.74) is 0.367. The lowest BCUT2D eigenvalue weighted by molar-refractivity contribution is -0.126. The van der Waals surface area contributed by atoms with Gasteiger partial charge in [0.25, 0.3) is 5.91 Å². The Kier molecular flexibility index (Phi) is 4.65. The van der Waals surface area contributed by atoms with E-state index in [1.54, 1.807) is 25.1 Å². The van der Waals surface area contributed by atoms with E-state index in [1.165, 1.54) is 19.1 Å². The van der Waals surface area contributed by atoms with Crippen molar-refractivity contribution in [2.45, 2.75) is 19.4 Å². The molecule has 1 saturated heterocycles. The molecule has 0 saturated carbocycles. The van der Waals surface area contributed by atoms with Crippen LogP contribution in [0.5, 0.6) is 11.5 Å². The molecule has 1 N–H and O–H groups in total. The fourth-order valence-corrected chi connectivity index (χ4v) is 2.43. The van der Waals surface area contributed by atoms with E-state index in [2.05, 4.69) is 5.32 Å². The largest absolute Gasteiger partial charge is 0.493 e. The van der Waals surface area contributed by atoms with E-state index in [-0.39, 0.29) is 18.2 Å². The first kappa shape index (κ1) is 15.8. The number of methoxy groups -OCH3 is 2. The second-order valence-electron chi connectivity index (χ2n) is 4.79. The second kappa shape index (κ2) is 6.46. The normalized spacial score (nSPS) is 17.1. The van der Waals surface area contributed by atoms with Gasteiger partial charge in [-0.2, -0.15) is 0 Å². The number of nitrogens with one attached hydrogen (secondary N) is 1. The first-order valence-corrected chi connectivity index (χ1v) is 6.88. The molecule has 0 radical (unpaired) electrons. The minimum Gasteiger partial charge on any atom is -0.493 e. The maximum Gasteiger partial charge on any atom is 0.254 e. The van der Waals surface area contributed by atoms with Crippen LogP contribution in [-0.4, -0.2) is 49.4 Å². The Balaban J connectivity index is 2.29. The van der Waals surface area contributed by atoms with Crippen molar-refractivity contribution in [3.8, 4) is 11.5 Å². The van der Waals surface area contributed by atoms with E-state index in [1.807, 2.05) is 0 Å². The Morgan fingerprint density at radius 2 is 1.95 bits per heavy atom. The number of nitrogens with zero attached hydrogens (tertiary/aromatic N) is 1. The topological polar surface area (TPSA) is 84.9 Å². The van der Waals surface area contributed by atoms with Gasteiger partial charge in [0.05, 0.1) is 20.6 Å². The van der Waals surface area contributed by atoms with Gasteiger partial charge in [0.1, 0.15) is 6.04 Å². The van der Waals surface area contributed by atoms with Gasteiger partial charge in [-0.1, -0.05) is 0 Å². The van der Waals surface area contributed by atoms with Crippen LogP contribution in [0.3, 0.4) is 0 Å². The SMILES string of the molecule is CCN(C(=O)c1ccc(OC)c(OC)c1)C1CC(=O)NC1=O. The maximum absolute atomic E-state index is 12.6. The van der Waals surface area contributed by atoms with Gasteiger partial charge in [0, 0.05) is 12.1 Å². The minimum absolute atomic E-state index is 0.00823. The average Bonchev–Trinajstić information content (AvgIpc) is 2.85. The van der Waals surface area contributed by atoms with Crippen LogP contribution in [0.4, 0.5) is 0 Å². The number of rotatable bonds is 5. The molecule has 1 atom stereocenters. The van der Waals surface area contributed by atoms with Crippen molar-refractivity contribution in [1.29, 1.82) is 0 Å². The van der Waals surface area contributed by atoms with Gasteiger partial charge < -0.3 is 14.4 Å². The number of hydrogen-bond acceptors (Lipinski definition) is 5. The Morgan fingerprint density at radius 1 is 1.27 bits per heavy atom. The first-order valence-electron chi connectivity index (χ1n) is 6.88. The van der Waals surface area contributed by atoms with Gasteiger partial charge in [-0.25, -0.2) is 0 Å². The fourth-order valence-electron chi connectivity index (χ4n) is 2.43. The predicted octanol–water partition coefficient (Wildman–Crippen LogP) is 0.581. The number of imide groups is 1. The van der Waals surface area contributed by atoms with Crippen LogP contribution >= 0.6 is 0 Å². The molecule has 118 valence electrons. The number of benzene rings is 1. The molecule has 1 aliphatic heterocycles. The standard InChI is InChI=1S/C15H18N2O5/c1-4-17(10-8-13(18)16-14(10)19)15(20)9-5-6-11(21-2)12(7-9)22-3/h5-7,10H,4,8H2,1-3H3,(H,16,18,19). The van der Waals surface area contributed by atoms with Gasteiger partial charge in [-0.05, 0) is 25.1 Å². The monoisotopic (exact) mass is 306 g/mol. The van der Waals surface area contributed by atoms with Crippen LogP contribution in [0.1, 0.15) is 23.7 Å². The minimum atomic E-state index is -0.766. The summed E-state index contributed by atoms with van der Waals surface area (Å²) in [6, 6.07) is 4.01. The highest BCUT2D eigenvalue weighted by atomic mass is 16.5. The Bertz CT molecular complexity index is 614. The lowest BCUT2D eigenvalue weighted by Gasteiger charge is -2.25. The van der Waals surface area contributed by atoms with Crippen molar-refractivity contribution in [2.75, 3.05) is 20.8 Å². The predicted molar refractivity (Wildman–Crippen MR) is 77.8 cm³/mol. The van der Waals surface area contributed by atoms with Crippen LogP contribution in [0.2, 0.25) is 0 Å². The van der Waals surface area contributed by atoms with Gasteiger partial charge in [-0.15, -0.1) is 0 Å². The lowest BCUT2D eigenvalue weighted by atomic mass is 10.1. The summed E-state index contributed by atoms with van der Waals surface area (Å²) in [5, 5.41) is 2.21. The number of amides is 3. The molecular weight excluding hydrogens is 288 g/mol. The summed E-state index contributed by atoms with van der Waals surface area (Å²) < 4.78 is 10.3. The zero-order valence-electron chi connectivity index (χ0n) is 12.7. The molecule has 1 fully saturated rings. The van der Waals surface area contributed by atoms with Crippen LogP contribution < -0.4 is 14.8 Å². The molecule has 0 aromatic heterocycles. The van der Waals surface area contributed by atoms with Crippen molar-refractivity contribution in [2.24, 2.45) is 0 Å². The average molecular weight is 306 g/mol. The van der Waals surface area contributed by atoms with Crippen LogP contribution in [0, 0.1) is 0 Å². The van der Waals surface area contributed by atoms with Gasteiger partial charge in [0.2, 0.25) is 11.8 Å². The summed E-state index contributed by atoms with van der Waals surface area (Å²) in [5.74, 6) is -0.209. The molecule has 0 spiro atoms. The third-order valence-electron chi connectivity index (χ3n) is 3.55. The van der Waals surface area contributed by atoms with Gasteiger partial charge >= 0.3 is 0 Å². The lowest BCUT2D eigenvalue weighted by Crippen LogP contribution is -2.44. The summed E-state index contributed by atoms with van der Waals surface area (Å²) >= 11 is 0. The van der Waals surface area contributed by atoms with E-state index in [0.717, 1.165) is 0 Å². The van der Waals surface area contributed by atoms with Crippen molar-refractivity contribution in [3.63, 3.8) is 0 Å². The van der Waals surface area contributed by atoms with Crippen molar-refractivity contribution in [3.05, 3.63) is 23.8 Å². The molecule has 1 aromatic carbocycles. The molecule has 0 aliphatic carbocycles. The number of hydrogen-bond donors (Lipinski definition) is 1. The van der Waals surface area contributed by atoms with Crippen LogP contribution in [-0.2, 0) is 9.59 Å². The molecular formula is C15H18N2O5. The van der Waals surface area contributed by atoms with Gasteiger partial charge in [-0.3, -0.25) is 19.7 Å².